The predicted octanol–water partition coefficient (Wildman–Crippen LogP) is 3.48. The van der Waals surface area contributed by atoms with E-state index in [1.807, 2.05) is 13.0 Å². The molecular formula is C18H28O4. The molecule has 1 saturated heterocycles. The summed E-state index contributed by atoms with van der Waals surface area (Å²) in [6.45, 7) is 13.8. The van der Waals surface area contributed by atoms with Gasteiger partial charge in [-0.3, -0.25) is 4.79 Å². The van der Waals surface area contributed by atoms with E-state index in [-0.39, 0.29) is 17.3 Å². The molecule has 0 bridgehead atoms. The Morgan fingerprint density at radius 3 is 2.59 bits per heavy atom. The zero-order valence-corrected chi connectivity index (χ0v) is 14.2. The largest absolute Gasteiger partial charge is 0.466 e. The Kier molecular flexibility index (Phi) is 5.13. The number of carbonyl (C=O) groups is 1. The Hall–Kier alpha value is -1.13. The zero-order chi connectivity index (χ0) is 16.4. The van der Waals surface area contributed by atoms with Crippen LogP contribution in [0.1, 0.15) is 40.5 Å². The van der Waals surface area contributed by atoms with E-state index in [0.29, 0.717) is 25.7 Å². The molecule has 4 heteroatoms. The van der Waals surface area contributed by atoms with E-state index in [1.54, 1.807) is 0 Å². The zero-order valence-electron chi connectivity index (χ0n) is 14.2. The Balaban J connectivity index is 2.11. The van der Waals surface area contributed by atoms with Crippen LogP contribution in [0.4, 0.5) is 0 Å². The molecule has 0 unspecified atom stereocenters. The number of carbonyl (C=O) groups excluding carboxylic acids is 1. The van der Waals surface area contributed by atoms with Crippen molar-refractivity contribution in [2.75, 3.05) is 19.8 Å². The minimum atomic E-state index is -0.626. The summed E-state index contributed by atoms with van der Waals surface area (Å²) in [4.78, 5) is 11.1. The van der Waals surface area contributed by atoms with E-state index >= 15 is 0 Å². The highest BCUT2D eigenvalue weighted by molar-refractivity contribution is 5.65. The normalized spacial score (nSPS) is 30.6. The van der Waals surface area contributed by atoms with Crippen LogP contribution in [-0.4, -0.2) is 31.6 Å². The van der Waals surface area contributed by atoms with Gasteiger partial charge in [-0.1, -0.05) is 32.1 Å². The third-order valence-electron chi connectivity index (χ3n) is 5.05. The van der Waals surface area contributed by atoms with Gasteiger partial charge in [0.05, 0.1) is 19.8 Å². The van der Waals surface area contributed by atoms with Crippen molar-refractivity contribution in [1.29, 1.82) is 0 Å². The lowest BCUT2D eigenvalue weighted by Gasteiger charge is -2.45. The lowest BCUT2D eigenvalue weighted by molar-refractivity contribution is -0.144. The molecule has 2 fully saturated rings. The number of ether oxygens (including phenoxy) is 3. The van der Waals surface area contributed by atoms with Crippen LogP contribution in [0.3, 0.4) is 0 Å². The minimum Gasteiger partial charge on any atom is -0.466 e. The molecule has 0 spiro atoms. The van der Waals surface area contributed by atoms with Crippen LogP contribution in [0.2, 0.25) is 0 Å². The van der Waals surface area contributed by atoms with Gasteiger partial charge in [-0.05, 0) is 37.2 Å². The lowest BCUT2D eigenvalue weighted by atomic mass is 9.60. The number of hydrogen-bond donors (Lipinski definition) is 0. The average molecular weight is 308 g/mol. The van der Waals surface area contributed by atoms with E-state index in [4.69, 9.17) is 14.2 Å². The molecule has 1 aliphatic carbocycles. The van der Waals surface area contributed by atoms with Crippen LogP contribution in [0.15, 0.2) is 24.3 Å². The van der Waals surface area contributed by atoms with E-state index in [9.17, 15) is 4.79 Å². The first-order chi connectivity index (χ1) is 10.2. The molecule has 0 aromatic heterocycles. The third-order valence-corrected chi connectivity index (χ3v) is 5.05. The summed E-state index contributed by atoms with van der Waals surface area (Å²) in [5, 5.41) is 0. The van der Waals surface area contributed by atoms with Crippen molar-refractivity contribution in [3.05, 3.63) is 24.3 Å². The summed E-state index contributed by atoms with van der Waals surface area (Å²) >= 11 is 0. The molecule has 1 saturated carbocycles. The van der Waals surface area contributed by atoms with Crippen LogP contribution < -0.4 is 0 Å². The van der Waals surface area contributed by atoms with Crippen molar-refractivity contribution < 1.29 is 19.0 Å². The van der Waals surface area contributed by atoms with Crippen LogP contribution in [0.25, 0.3) is 0 Å². The van der Waals surface area contributed by atoms with Gasteiger partial charge in [-0.25, -0.2) is 0 Å². The van der Waals surface area contributed by atoms with Crippen molar-refractivity contribution in [2.24, 2.45) is 17.3 Å². The third kappa shape index (κ3) is 3.79. The smallest absolute Gasteiger partial charge is 0.302 e. The summed E-state index contributed by atoms with van der Waals surface area (Å²) in [5.74, 6) is -0.284. The first-order valence-electron chi connectivity index (χ1n) is 8.03. The maximum Gasteiger partial charge on any atom is 0.302 e. The van der Waals surface area contributed by atoms with E-state index in [2.05, 4.69) is 26.5 Å². The van der Waals surface area contributed by atoms with Gasteiger partial charge in [0, 0.05) is 12.8 Å². The van der Waals surface area contributed by atoms with Gasteiger partial charge in [-0.2, -0.15) is 0 Å². The minimum absolute atomic E-state index is 0.0176. The summed E-state index contributed by atoms with van der Waals surface area (Å²) in [5.41, 5.74) is 1.21. The molecule has 1 heterocycles. The molecular weight excluding hydrogens is 280 g/mol. The second-order valence-electron chi connectivity index (χ2n) is 7.07. The summed E-state index contributed by atoms with van der Waals surface area (Å²) in [6, 6.07) is 0. The fourth-order valence-electron chi connectivity index (χ4n) is 3.46. The first kappa shape index (κ1) is 17.2. The van der Waals surface area contributed by atoms with Gasteiger partial charge < -0.3 is 14.2 Å². The van der Waals surface area contributed by atoms with Gasteiger partial charge >= 0.3 is 5.97 Å². The molecule has 0 aromatic carbocycles. The molecule has 0 radical (unpaired) electrons. The lowest BCUT2D eigenvalue weighted by Crippen LogP contribution is -2.39. The molecule has 22 heavy (non-hydrogen) atoms. The van der Waals surface area contributed by atoms with Crippen molar-refractivity contribution >= 4 is 5.97 Å². The van der Waals surface area contributed by atoms with Crippen LogP contribution in [0.5, 0.6) is 0 Å². The van der Waals surface area contributed by atoms with Gasteiger partial charge in [0.1, 0.15) is 0 Å². The maximum atomic E-state index is 11.1. The van der Waals surface area contributed by atoms with E-state index in [0.717, 1.165) is 12.8 Å². The summed E-state index contributed by atoms with van der Waals surface area (Å²) in [7, 11) is 0. The molecule has 0 N–H and O–H groups in total. The average Bonchev–Trinajstić information content (AvgIpc) is 2.84. The van der Waals surface area contributed by atoms with Gasteiger partial charge in [0.25, 0.3) is 0 Å². The molecule has 0 amide bonds. The fourth-order valence-corrected chi connectivity index (χ4v) is 3.46. The fraction of sp³-hybridized carbons (Fsp3) is 0.722. The Bertz CT molecular complexity index is 458. The predicted molar refractivity (Wildman–Crippen MR) is 85.2 cm³/mol. The molecule has 1 aliphatic heterocycles. The SMILES string of the molecule is C=C1CC[C@H](COC(C)=O)C(C)(C)[C@@H]1/C=C/C1(C)OCCO1. The van der Waals surface area contributed by atoms with Gasteiger partial charge in [-0.15, -0.1) is 0 Å². The van der Waals surface area contributed by atoms with Crippen LogP contribution in [0, 0.1) is 17.3 Å². The summed E-state index contributed by atoms with van der Waals surface area (Å²) in [6.07, 6.45) is 6.13. The number of allylic oxidation sites excluding steroid dienone is 2. The number of esters is 1. The van der Waals surface area contributed by atoms with E-state index in [1.165, 1.54) is 12.5 Å². The second kappa shape index (κ2) is 6.55. The second-order valence-corrected chi connectivity index (χ2v) is 7.07. The Morgan fingerprint density at radius 2 is 2.00 bits per heavy atom. The monoisotopic (exact) mass is 308 g/mol. The molecule has 2 aliphatic rings. The molecule has 2 rings (SSSR count). The van der Waals surface area contributed by atoms with Crippen molar-refractivity contribution in [2.45, 2.75) is 46.3 Å². The topological polar surface area (TPSA) is 44.8 Å². The van der Waals surface area contributed by atoms with Gasteiger partial charge in [0.2, 0.25) is 0 Å². The number of hydrogen-bond acceptors (Lipinski definition) is 4. The van der Waals surface area contributed by atoms with Crippen LogP contribution >= 0.6 is 0 Å². The van der Waals surface area contributed by atoms with Crippen molar-refractivity contribution in [3.63, 3.8) is 0 Å². The molecule has 4 nitrogen and oxygen atoms in total. The highest BCUT2D eigenvalue weighted by Crippen LogP contribution is 2.48. The highest BCUT2D eigenvalue weighted by Gasteiger charge is 2.42. The Labute approximate surface area is 133 Å². The molecule has 0 aromatic rings. The van der Waals surface area contributed by atoms with Crippen LogP contribution in [-0.2, 0) is 19.0 Å². The first-order valence-corrected chi connectivity index (χ1v) is 8.03. The van der Waals surface area contributed by atoms with Gasteiger partial charge in [0.15, 0.2) is 5.79 Å². The van der Waals surface area contributed by atoms with Crippen molar-refractivity contribution in [1.82, 2.24) is 0 Å². The summed E-state index contributed by atoms with van der Waals surface area (Å²) < 4.78 is 16.5. The van der Waals surface area contributed by atoms with Crippen molar-refractivity contribution in [3.8, 4) is 0 Å². The number of rotatable bonds is 4. The molecule has 2 atom stereocenters. The quantitative estimate of drug-likeness (QED) is 0.589. The maximum absolute atomic E-state index is 11.1. The highest BCUT2D eigenvalue weighted by atomic mass is 16.7. The molecule has 124 valence electrons. The van der Waals surface area contributed by atoms with E-state index < -0.39 is 5.79 Å². The Morgan fingerprint density at radius 1 is 1.36 bits per heavy atom. The standard InChI is InChI=1S/C18H28O4/c1-13-6-7-15(12-20-14(2)19)17(3,4)16(13)8-9-18(5)21-10-11-22-18/h8-9,15-16H,1,6-7,10-12H2,2-5H3/b9-8+/t15-,16-/m1/s1.